The summed E-state index contributed by atoms with van der Waals surface area (Å²) >= 11 is 0. The first kappa shape index (κ1) is 28.0. The first-order valence-corrected chi connectivity index (χ1v) is 14.3. The first-order valence-electron chi connectivity index (χ1n) is 14.3. The molecule has 2 aliphatic heterocycles. The molecule has 5 rings (SSSR count). The van der Waals surface area contributed by atoms with E-state index in [0.717, 1.165) is 44.9 Å². The van der Waals surface area contributed by atoms with Crippen LogP contribution in [0.25, 0.3) is 0 Å². The molecule has 5 aliphatic rings. The van der Waals surface area contributed by atoms with Crippen molar-refractivity contribution in [2.45, 2.75) is 121 Å². The summed E-state index contributed by atoms with van der Waals surface area (Å²) in [7, 11) is 3.19. The Bertz CT molecular complexity index is 863. The maximum Gasteiger partial charge on any atom is 0.199 e. The number of aliphatic hydroxyl groups excluding tert-OH is 3. The van der Waals surface area contributed by atoms with Crippen LogP contribution in [-0.2, 0) is 23.7 Å². The van der Waals surface area contributed by atoms with Gasteiger partial charge >= 0.3 is 0 Å². The molecule has 2 saturated carbocycles. The van der Waals surface area contributed by atoms with Gasteiger partial charge in [-0.05, 0) is 82.0 Å². The van der Waals surface area contributed by atoms with E-state index in [1.54, 1.807) is 21.0 Å². The Morgan fingerprint density at radius 3 is 2.49 bits per heavy atom. The Balaban J connectivity index is 1.33. The van der Waals surface area contributed by atoms with E-state index >= 15 is 0 Å². The summed E-state index contributed by atoms with van der Waals surface area (Å²) in [6.07, 6.45) is 4.69. The zero-order valence-corrected chi connectivity index (χ0v) is 23.4. The normalized spacial score (nSPS) is 52.9. The van der Waals surface area contributed by atoms with E-state index in [0.29, 0.717) is 24.4 Å². The molecular formula is C29H48O8. The van der Waals surface area contributed by atoms with Gasteiger partial charge in [-0.15, -0.1) is 0 Å². The second-order valence-electron chi connectivity index (χ2n) is 12.8. The molecule has 37 heavy (non-hydrogen) atoms. The van der Waals surface area contributed by atoms with Crippen molar-refractivity contribution in [1.82, 2.24) is 0 Å². The zero-order chi connectivity index (χ0) is 26.8. The van der Waals surface area contributed by atoms with Crippen LogP contribution in [0.4, 0.5) is 0 Å². The molecule has 2 heterocycles. The molecule has 8 nitrogen and oxygen atoms in total. The molecule has 0 radical (unpaired) electrons. The maximum absolute atomic E-state index is 10.8. The summed E-state index contributed by atoms with van der Waals surface area (Å²) in [6, 6.07) is 0. The van der Waals surface area contributed by atoms with Crippen molar-refractivity contribution in [3.05, 3.63) is 11.6 Å². The minimum absolute atomic E-state index is 0.0125. The predicted molar refractivity (Wildman–Crippen MR) is 136 cm³/mol. The largest absolute Gasteiger partial charge is 0.388 e. The lowest BCUT2D eigenvalue weighted by Gasteiger charge is -2.64. The second-order valence-corrected chi connectivity index (χ2v) is 12.8. The van der Waals surface area contributed by atoms with Crippen LogP contribution >= 0.6 is 0 Å². The van der Waals surface area contributed by atoms with Crippen LogP contribution in [0.2, 0.25) is 0 Å². The molecule has 13 atom stereocenters. The smallest absolute Gasteiger partial charge is 0.199 e. The van der Waals surface area contributed by atoms with Gasteiger partial charge in [0.2, 0.25) is 0 Å². The van der Waals surface area contributed by atoms with Gasteiger partial charge in [-0.3, -0.25) is 0 Å². The number of allylic oxidation sites excluding steroid dienone is 1. The zero-order valence-electron chi connectivity index (χ0n) is 23.4. The number of ether oxygens (including phenoxy) is 5. The van der Waals surface area contributed by atoms with Gasteiger partial charge in [-0.1, -0.05) is 25.5 Å². The van der Waals surface area contributed by atoms with Crippen LogP contribution in [-0.4, -0.2) is 84.8 Å². The summed E-state index contributed by atoms with van der Waals surface area (Å²) in [5.74, 6) is 0.609. The Labute approximate surface area is 221 Å². The molecule has 3 aliphatic carbocycles. The monoisotopic (exact) mass is 524 g/mol. The van der Waals surface area contributed by atoms with Crippen LogP contribution in [0.3, 0.4) is 0 Å². The average Bonchev–Trinajstić information content (AvgIpc) is 2.86. The van der Waals surface area contributed by atoms with E-state index in [1.165, 1.54) is 12.7 Å². The molecule has 0 bridgehead atoms. The molecule has 2 saturated heterocycles. The van der Waals surface area contributed by atoms with E-state index in [2.05, 4.69) is 19.9 Å². The molecule has 212 valence electrons. The summed E-state index contributed by atoms with van der Waals surface area (Å²) in [5.41, 5.74) is 1.38. The molecule has 0 spiro atoms. The fraction of sp³-hybridized carbons (Fsp3) is 0.931. The third-order valence-corrected chi connectivity index (χ3v) is 11.2. The van der Waals surface area contributed by atoms with Crippen molar-refractivity contribution in [2.24, 2.45) is 28.6 Å². The van der Waals surface area contributed by atoms with E-state index in [-0.39, 0.29) is 16.9 Å². The van der Waals surface area contributed by atoms with Gasteiger partial charge in [-0.2, -0.15) is 0 Å². The lowest BCUT2D eigenvalue weighted by atomic mass is 9.45. The topological polar surface area (TPSA) is 107 Å². The highest BCUT2D eigenvalue weighted by Crippen LogP contribution is 2.66. The standard InChI is InChI=1S/C29H48O8/c1-16-23(31)24(32)25(33-5)26(36-16)37-19-9-12-27(3)18(15-19)7-8-20-21(27)10-13-28(4)22(20)11-14-35-29(28,34-6)17(2)30/h7,16-17,19-26,30-32H,8-15H2,1-6H3/t16-,17+,19+,20-,21+,22+,23+,24-,25+,26+,27+,28+,29-/m1/s1. The van der Waals surface area contributed by atoms with Crippen LogP contribution in [0.1, 0.15) is 72.6 Å². The van der Waals surface area contributed by atoms with E-state index < -0.39 is 42.6 Å². The average molecular weight is 525 g/mol. The summed E-state index contributed by atoms with van der Waals surface area (Å²) in [5, 5.41) is 31.5. The molecular weight excluding hydrogens is 476 g/mol. The van der Waals surface area contributed by atoms with Crippen molar-refractivity contribution >= 4 is 0 Å². The van der Waals surface area contributed by atoms with Crippen LogP contribution < -0.4 is 0 Å². The lowest BCUT2D eigenvalue weighted by Crippen LogP contribution is -2.67. The van der Waals surface area contributed by atoms with Gasteiger partial charge < -0.3 is 39.0 Å². The Kier molecular flexibility index (Phi) is 7.64. The predicted octanol–water partition coefficient (Wildman–Crippen LogP) is 3.17. The second kappa shape index (κ2) is 10.1. The van der Waals surface area contributed by atoms with Gasteiger partial charge in [0.1, 0.15) is 24.4 Å². The minimum Gasteiger partial charge on any atom is -0.388 e. The van der Waals surface area contributed by atoms with Crippen LogP contribution in [0.15, 0.2) is 11.6 Å². The van der Waals surface area contributed by atoms with Gasteiger partial charge in [0, 0.05) is 19.6 Å². The number of aliphatic hydroxyl groups is 3. The lowest BCUT2D eigenvalue weighted by molar-refractivity contribution is -0.368. The Hall–Kier alpha value is -0.580. The molecule has 0 unspecified atom stereocenters. The molecule has 0 aromatic rings. The van der Waals surface area contributed by atoms with Gasteiger partial charge in [0.05, 0.1) is 18.8 Å². The number of hydrogen-bond donors (Lipinski definition) is 3. The van der Waals surface area contributed by atoms with Gasteiger partial charge in [-0.25, -0.2) is 0 Å². The Morgan fingerprint density at radius 2 is 1.81 bits per heavy atom. The van der Waals surface area contributed by atoms with Crippen LogP contribution in [0.5, 0.6) is 0 Å². The maximum atomic E-state index is 10.8. The third-order valence-electron chi connectivity index (χ3n) is 11.2. The molecule has 0 amide bonds. The quantitative estimate of drug-likeness (QED) is 0.471. The number of fused-ring (bicyclic) bond motifs is 5. The fourth-order valence-electron chi connectivity index (χ4n) is 9.14. The summed E-state index contributed by atoms with van der Waals surface area (Å²) in [6.45, 7) is 8.89. The van der Waals surface area contributed by atoms with Crippen molar-refractivity contribution in [3.8, 4) is 0 Å². The highest BCUT2D eigenvalue weighted by atomic mass is 16.7. The van der Waals surface area contributed by atoms with Crippen molar-refractivity contribution in [3.63, 3.8) is 0 Å². The highest BCUT2D eigenvalue weighted by molar-refractivity contribution is 5.25. The molecule has 3 N–H and O–H groups in total. The summed E-state index contributed by atoms with van der Waals surface area (Å²) < 4.78 is 30.0. The number of methoxy groups -OCH3 is 2. The van der Waals surface area contributed by atoms with Gasteiger partial charge in [0.25, 0.3) is 0 Å². The SMILES string of the molecule is CO[C@@H]1[C@H](O[C@H]2CC[C@@]3(C)C(=CC[C@@H]4[C@@H]3CC[C@@]3(C)[C@H]4CCO[C@]3(OC)[C@H](C)O)C2)O[C@H](C)[C@H](O)[C@H]1O. The molecule has 4 fully saturated rings. The van der Waals surface area contributed by atoms with E-state index in [1.807, 2.05) is 0 Å². The van der Waals surface area contributed by atoms with Crippen LogP contribution in [0, 0.1) is 28.6 Å². The van der Waals surface area contributed by atoms with E-state index in [9.17, 15) is 15.3 Å². The van der Waals surface area contributed by atoms with E-state index in [4.69, 9.17) is 23.7 Å². The fourth-order valence-corrected chi connectivity index (χ4v) is 9.14. The summed E-state index contributed by atoms with van der Waals surface area (Å²) in [4.78, 5) is 0. The Morgan fingerprint density at radius 1 is 1.05 bits per heavy atom. The van der Waals surface area contributed by atoms with Crippen molar-refractivity contribution < 1.29 is 39.0 Å². The van der Waals surface area contributed by atoms with Crippen molar-refractivity contribution in [1.29, 1.82) is 0 Å². The van der Waals surface area contributed by atoms with Gasteiger partial charge in [0.15, 0.2) is 12.1 Å². The number of hydrogen-bond acceptors (Lipinski definition) is 8. The number of rotatable bonds is 5. The first-order chi connectivity index (χ1) is 17.5. The third kappa shape index (κ3) is 4.17. The molecule has 0 aromatic heterocycles. The molecule has 0 aromatic carbocycles. The minimum atomic E-state index is -1.04. The molecule has 8 heteroatoms. The van der Waals surface area contributed by atoms with Crippen molar-refractivity contribution in [2.75, 3.05) is 20.8 Å². The highest BCUT2D eigenvalue weighted by Gasteiger charge is 2.65.